The van der Waals surface area contributed by atoms with Crippen LogP contribution in [0, 0.1) is 0 Å². The van der Waals surface area contributed by atoms with Crippen LogP contribution in [0.1, 0.15) is 32.3 Å². The Morgan fingerprint density at radius 2 is 1.97 bits per heavy atom. The van der Waals surface area contributed by atoms with E-state index < -0.39 is 10.0 Å². The Labute approximate surface area is 201 Å². The molecule has 1 aromatic carbocycles. The molecule has 1 aliphatic rings. The van der Waals surface area contributed by atoms with Crippen LogP contribution in [0.3, 0.4) is 0 Å². The summed E-state index contributed by atoms with van der Waals surface area (Å²) in [5.41, 5.74) is 0.735. The quantitative estimate of drug-likeness (QED) is 0.335. The summed E-state index contributed by atoms with van der Waals surface area (Å²) < 4.78 is 40.7. The Bertz CT molecular complexity index is 1160. The highest BCUT2D eigenvalue weighted by Gasteiger charge is 2.34. The maximum absolute atomic E-state index is 12.9. The molecule has 2 heterocycles. The number of methoxy groups -OCH3 is 1. The number of thiophene rings is 1. The number of sulfonamides is 1. The van der Waals surface area contributed by atoms with Crippen molar-refractivity contribution in [1.82, 2.24) is 4.90 Å². The fourth-order valence-corrected chi connectivity index (χ4v) is 6.52. The first-order chi connectivity index (χ1) is 15.3. The molecule has 0 aliphatic carbocycles. The number of halogens is 1. The Kier molecular flexibility index (Phi) is 8.26. The second-order valence-corrected chi connectivity index (χ2v) is 11.2. The van der Waals surface area contributed by atoms with Gasteiger partial charge in [0, 0.05) is 6.54 Å². The van der Waals surface area contributed by atoms with Gasteiger partial charge in [0.15, 0.2) is 16.7 Å². The van der Waals surface area contributed by atoms with E-state index in [-0.39, 0.29) is 21.8 Å². The zero-order valence-electron chi connectivity index (χ0n) is 17.8. The Balaban J connectivity index is 1.91. The minimum atomic E-state index is -3.97. The van der Waals surface area contributed by atoms with E-state index in [1.165, 1.54) is 17.0 Å². The van der Waals surface area contributed by atoms with E-state index in [9.17, 15) is 13.2 Å². The van der Waals surface area contributed by atoms with Gasteiger partial charge in [0.05, 0.1) is 23.0 Å². The average molecular weight is 515 g/mol. The normalized spacial score (nSPS) is 16.9. The summed E-state index contributed by atoms with van der Waals surface area (Å²) >= 11 is 7.80. The van der Waals surface area contributed by atoms with Gasteiger partial charge in [-0.1, -0.05) is 31.0 Å². The van der Waals surface area contributed by atoms with Gasteiger partial charge in [0.2, 0.25) is 0 Å². The van der Waals surface area contributed by atoms with Gasteiger partial charge in [-0.3, -0.25) is 9.69 Å². The lowest BCUT2D eigenvalue weighted by atomic mass is 10.2. The topological polar surface area (TPSA) is 85.3 Å². The van der Waals surface area contributed by atoms with Gasteiger partial charge >= 0.3 is 0 Å². The zero-order chi connectivity index (χ0) is 23.3. The van der Waals surface area contributed by atoms with Crippen molar-refractivity contribution in [1.29, 1.82) is 0 Å². The number of hydrogen-bond donors (Lipinski definition) is 0. The van der Waals surface area contributed by atoms with E-state index in [2.05, 4.69) is 11.3 Å². The molecular weight excluding hydrogens is 492 g/mol. The minimum absolute atomic E-state index is 0.0283. The number of thioether (sulfide) groups is 1. The number of unbranched alkanes of at least 4 members (excludes halogenated alkanes) is 1. The van der Waals surface area contributed by atoms with Crippen molar-refractivity contribution >= 4 is 61.9 Å². The van der Waals surface area contributed by atoms with Crippen molar-refractivity contribution in [3.05, 3.63) is 45.1 Å². The summed E-state index contributed by atoms with van der Waals surface area (Å²) in [6.07, 6.45) is 3.61. The second kappa shape index (κ2) is 10.7. The molecular formula is C21H23ClN2O5S3. The molecule has 172 valence electrons. The largest absolute Gasteiger partial charge is 0.493 e. The maximum atomic E-state index is 12.9. The number of carbonyl (C=O) groups is 1. The smallest absolute Gasteiger partial charge is 0.294 e. The molecule has 1 aromatic heterocycles. The van der Waals surface area contributed by atoms with Gasteiger partial charge in [-0.15, -0.1) is 15.7 Å². The highest BCUT2D eigenvalue weighted by molar-refractivity contribution is 8.19. The average Bonchev–Trinajstić information content (AvgIpc) is 3.32. The van der Waals surface area contributed by atoms with Gasteiger partial charge in [-0.25, -0.2) is 0 Å². The SMILES string of the molecule is CCCCOc1cc(/C=C2\S/C(=N/S(=O)(=O)c3ccc(Cl)s3)N(CC)C2=O)ccc1OC. The van der Waals surface area contributed by atoms with Crippen molar-refractivity contribution in [3.63, 3.8) is 0 Å². The van der Waals surface area contributed by atoms with Crippen LogP contribution in [0.25, 0.3) is 6.08 Å². The molecule has 1 saturated heterocycles. The van der Waals surface area contributed by atoms with E-state index in [1.807, 2.05) is 6.07 Å². The van der Waals surface area contributed by atoms with Crippen LogP contribution < -0.4 is 9.47 Å². The third-order valence-corrected chi connectivity index (χ3v) is 8.53. The third kappa shape index (κ3) is 5.67. The fourth-order valence-electron chi connectivity index (χ4n) is 2.81. The minimum Gasteiger partial charge on any atom is -0.493 e. The molecule has 0 N–H and O–H groups in total. The molecule has 0 radical (unpaired) electrons. The number of rotatable bonds is 9. The predicted molar refractivity (Wildman–Crippen MR) is 130 cm³/mol. The van der Waals surface area contributed by atoms with E-state index in [4.69, 9.17) is 21.1 Å². The number of amidine groups is 1. The molecule has 0 unspecified atom stereocenters. The summed E-state index contributed by atoms with van der Waals surface area (Å²) in [7, 11) is -2.40. The number of hydrogen-bond acceptors (Lipinski definition) is 7. The number of likely N-dealkylation sites (N-methyl/N-ethyl adjacent to an activating group) is 1. The molecule has 11 heteroatoms. The van der Waals surface area contributed by atoms with Crippen molar-refractivity contribution < 1.29 is 22.7 Å². The van der Waals surface area contributed by atoms with E-state index in [0.29, 0.717) is 27.3 Å². The number of carbonyl (C=O) groups excluding carboxylic acids is 1. The van der Waals surface area contributed by atoms with Crippen molar-refractivity contribution in [2.24, 2.45) is 4.40 Å². The lowest BCUT2D eigenvalue weighted by Crippen LogP contribution is -2.29. The molecule has 0 spiro atoms. The van der Waals surface area contributed by atoms with Crippen LogP contribution in [0.15, 0.2) is 43.8 Å². The van der Waals surface area contributed by atoms with Crippen LogP contribution in [0.4, 0.5) is 0 Å². The summed E-state index contributed by atoms with van der Waals surface area (Å²) in [4.78, 5) is 14.6. The van der Waals surface area contributed by atoms with Crippen LogP contribution in [-0.2, 0) is 14.8 Å². The van der Waals surface area contributed by atoms with Gasteiger partial charge in [0.1, 0.15) is 4.21 Å². The van der Waals surface area contributed by atoms with Crippen LogP contribution in [0.5, 0.6) is 11.5 Å². The van der Waals surface area contributed by atoms with Crippen molar-refractivity contribution in [2.75, 3.05) is 20.3 Å². The zero-order valence-corrected chi connectivity index (χ0v) is 21.0. The van der Waals surface area contributed by atoms with E-state index >= 15 is 0 Å². The van der Waals surface area contributed by atoms with Crippen LogP contribution >= 0.6 is 34.7 Å². The van der Waals surface area contributed by atoms with Gasteiger partial charge in [-0.05, 0) is 61.0 Å². The maximum Gasteiger partial charge on any atom is 0.294 e. The van der Waals surface area contributed by atoms with E-state index in [0.717, 1.165) is 41.5 Å². The molecule has 3 rings (SSSR count). The number of benzene rings is 1. The van der Waals surface area contributed by atoms with Crippen LogP contribution in [0.2, 0.25) is 4.34 Å². The molecule has 1 aliphatic heterocycles. The highest BCUT2D eigenvalue weighted by Crippen LogP contribution is 2.36. The first kappa shape index (κ1) is 24.6. The number of ether oxygens (including phenoxy) is 2. The molecule has 0 saturated carbocycles. The summed E-state index contributed by atoms with van der Waals surface area (Å²) in [6.45, 7) is 4.69. The monoisotopic (exact) mass is 514 g/mol. The second-order valence-electron chi connectivity index (χ2n) is 6.68. The first-order valence-corrected chi connectivity index (χ1v) is 13.4. The molecule has 32 heavy (non-hydrogen) atoms. The Morgan fingerprint density at radius 1 is 1.19 bits per heavy atom. The third-order valence-electron chi connectivity index (χ3n) is 4.45. The molecule has 1 amide bonds. The summed E-state index contributed by atoms with van der Waals surface area (Å²) in [5, 5.41) is 0.112. The Morgan fingerprint density at radius 3 is 2.59 bits per heavy atom. The standard InChI is InChI=1S/C21H23ClN2O5S3/c1-4-6-11-29-16-12-14(7-8-15(16)28-3)13-17-20(25)24(5-2)21(30-17)23-32(26,27)19-10-9-18(22)31-19/h7-10,12-13H,4-6,11H2,1-3H3/b17-13-,23-21+. The van der Waals surface area contributed by atoms with Gasteiger partial charge in [-0.2, -0.15) is 8.42 Å². The van der Waals surface area contributed by atoms with Gasteiger partial charge in [0.25, 0.3) is 15.9 Å². The predicted octanol–water partition coefficient (Wildman–Crippen LogP) is 5.27. The fraction of sp³-hybridized carbons (Fsp3) is 0.333. The van der Waals surface area contributed by atoms with E-state index in [1.54, 1.807) is 32.2 Å². The number of nitrogens with zero attached hydrogens (tertiary/aromatic N) is 2. The first-order valence-electron chi connectivity index (χ1n) is 9.91. The summed E-state index contributed by atoms with van der Waals surface area (Å²) in [5.74, 6) is 0.885. The van der Waals surface area contributed by atoms with Crippen molar-refractivity contribution in [2.45, 2.75) is 30.9 Å². The molecule has 7 nitrogen and oxygen atoms in total. The van der Waals surface area contributed by atoms with Gasteiger partial charge < -0.3 is 9.47 Å². The van der Waals surface area contributed by atoms with Crippen LogP contribution in [-0.4, -0.2) is 44.7 Å². The summed E-state index contributed by atoms with van der Waals surface area (Å²) in [6, 6.07) is 8.28. The number of amides is 1. The molecule has 1 fully saturated rings. The molecule has 2 aromatic rings. The molecule has 0 atom stereocenters. The Hall–Kier alpha value is -2.01. The van der Waals surface area contributed by atoms with Crippen molar-refractivity contribution in [3.8, 4) is 11.5 Å². The highest BCUT2D eigenvalue weighted by atomic mass is 35.5. The lowest BCUT2D eigenvalue weighted by molar-refractivity contribution is -0.122. The lowest BCUT2D eigenvalue weighted by Gasteiger charge is -2.12. The molecule has 0 bridgehead atoms.